The standard InChI is InChI=1S/C19H24N2O2.ClH/c1-2-23-17-11-8-15(9-12-17)10-13-19(22)21-14-18(20)16-6-4-3-5-7-16;/h3-9,11-12,18H,2,10,13-14,20H2,1H3,(H,21,22);1H. The Kier molecular flexibility index (Phi) is 8.90. The van der Waals surface area contributed by atoms with E-state index < -0.39 is 0 Å². The van der Waals surface area contributed by atoms with Crippen molar-refractivity contribution in [3.05, 3.63) is 65.7 Å². The predicted octanol–water partition coefficient (Wildman–Crippen LogP) is 3.26. The Morgan fingerprint density at radius 3 is 2.42 bits per heavy atom. The molecule has 0 aliphatic rings. The van der Waals surface area contributed by atoms with E-state index in [1.807, 2.05) is 61.5 Å². The molecule has 0 bridgehead atoms. The van der Waals surface area contributed by atoms with Crippen molar-refractivity contribution in [1.29, 1.82) is 0 Å². The molecule has 5 heteroatoms. The minimum Gasteiger partial charge on any atom is -0.494 e. The first-order valence-corrected chi connectivity index (χ1v) is 7.98. The Balaban J connectivity index is 0.00000288. The Labute approximate surface area is 149 Å². The van der Waals surface area contributed by atoms with Gasteiger partial charge in [-0.2, -0.15) is 0 Å². The second-order valence-corrected chi connectivity index (χ2v) is 5.40. The highest BCUT2D eigenvalue weighted by Crippen LogP contribution is 2.13. The zero-order valence-electron chi connectivity index (χ0n) is 13.9. The van der Waals surface area contributed by atoms with Gasteiger partial charge in [0.05, 0.1) is 6.61 Å². The van der Waals surface area contributed by atoms with E-state index in [9.17, 15) is 4.79 Å². The second kappa shape index (κ2) is 10.7. The fraction of sp³-hybridized carbons (Fsp3) is 0.316. The molecule has 4 nitrogen and oxygen atoms in total. The number of carbonyl (C=O) groups excluding carboxylic acids is 1. The number of hydrogen-bond acceptors (Lipinski definition) is 3. The third-order valence-corrected chi connectivity index (χ3v) is 3.62. The fourth-order valence-corrected chi connectivity index (χ4v) is 2.31. The SMILES string of the molecule is CCOc1ccc(CCC(=O)NCC(N)c2ccccc2)cc1.Cl. The summed E-state index contributed by atoms with van der Waals surface area (Å²) in [6, 6.07) is 17.5. The summed E-state index contributed by atoms with van der Waals surface area (Å²) in [6.07, 6.45) is 1.16. The smallest absolute Gasteiger partial charge is 0.220 e. The number of carbonyl (C=O) groups is 1. The van der Waals surface area contributed by atoms with E-state index in [4.69, 9.17) is 10.5 Å². The Morgan fingerprint density at radius 2 is 1.79 bits per heavy atom. The highest BCUT2D eigenvalue weighted by atomic mass is 35.5. The highest BCUT2D eigenvalue weighted by Gasteiger charge is 2.08. The van der Waals surface area contributed by atoms with E-state index >= 15 is 0 Å². The van der Waals surface area contributed by atoms with Crippen LogP contribution < -0.4 is 15.8 Å². The molecule has 0 heterocycles. The van der Waals surface area contributed by atoms with Gasteiger partial charge >= 0.3 is 0 Å². The number of nitrogens with two attached hydrogens (primary N) is 1. The average molecular weight is 349 g/mol. The summed E-state index contributed by atoms with van der Waals surface area (Å²) < 4.78 is 5.40. The molecule has 0 aliphatic heterocycles. The Morgan fingerprint density at radius 1 is 1.12 bits per heavy atom. The molecule has 0 aliphatic carbocycles. The van der Waals surface area contributed by atoms with Crippen LogP contribution in [0, 0.1) is 0 Å². The van der Waals surface area contributed by atoms with E-state index in [2.05, 4.69) is 5.32 Å². The van der Waals surface area contributed by atoms with Crippen molar-refractivity contribution in [3.63, 3.8) is 0 Å². The monoisotopic (exact) mass is 348 g/mol. The summed E-state index contributed by atoms with van der Waals surface area (Å²) in [5.41, 5.74) is 8.22. The number of nitrogens with one attached hydrogen (secondary N) is 1. The molecule has 24 heavy (non-hydrogen) atoms. The summed E-state index contributed by atoms with van der Waals surface area (Å²) in [5, 5.41) is 2.89. The van der Waals surface area contributed by atoms with Gasteiger partial charge < -0.3 is 15.8 Å². The number of aryl methyl sites for hydroxylation is 1. The lowest BCUT2D eigenvalue weighted by Gasteiger charge is -2.13. The first kappa shape index (κ1) is 20.0. The summed E-state index contributed by atoms with van der Waals surface area (Å²) in [7, 11) is 0. The molecule has 0 radical (unpaired) electrons. The van der Waals surface area contributed by atoms with Crippen molar-refractivity contribution in [1.82, 2.24) is 5.32 Å². The molecule has 0 aromatic heterocycles. The van der Waals surface area contributed by atoms with E-state index in [-0.39, 0.29) is 24.4 Å². The van der Waals surface area contributed by atoms with E-state index in [1.165, 1.54) is 0 Å². The molecular formula is C19H25ClN2O2. The van der Waals surface area contributed by atoms with Crippen LogP contribution in [-0.4, -0.2) is 19.1 Å². The first-order valence-electron chi connectivity index (χ1n) is 7.98. The number of ether oxygens (including phenoxy) is 1. The molecule has 0 saturated heterocycles. The number of hydrogen-bond donors (Lipinski definition) is 2. The van der Waals surface area contributed by atoms with E-state index in [1.54, 1.807) is 0 Å². The predicted molar refractivity (Wildman–Crippen MR) is 99.6 cm³/mol. The summed E-state index contributed by atoms with van der Waals surface area (Å²) in [4.78, 5) is 11.9. The lowest BCUT2D eigenvalue weighted by Crippen LogP contribution is -2.32. The molecule has 0 spiro atoms. The quantitative estimate of drug-likeness (QED) is 0.769. The molecule has 3 N–H and O–H groups in total. The molecule has 1 unspecified atom stereocenters. The highest BCUT2D eigenvalue weighted by molar-refractivity contribution is 5.85. The molecule has 130 valence electrons. The van der Waals surface area contributed by atoms with Crippen LogP contribution in [0.5, 0.6) is 5.75 Å². The van der Waals surface area contributed by atoms with Crippen molar-refractivity contribution in [2.24, 2.45) is 5.73 Å². The maximum atomic E-state index is 11.9. The first-order chi connectivity index (χ1) is 11.2. The van der Waals surface area contributed by atoms with Gasteiger partial charge in [-0.15, -0.1) is 12.4 Å². The molecule has 0 saturated carbocycles. The lowest BCUT2D eigenvalue weighted by molar-refractivity contribution is -0.121. The lowest BCUT2D eigenvalue weighted by atomic mass is 10.1. The van der Waals surface area contributed by atoms with E-state index in [0.29, 0.717) is 26.0 Å². The number of benzene rings is 2. The molecule has 2 aromatic rings. The fourth-order valence-electron chi connectivity index (χ4n) is 2.31. The van der Waals surface area contributed by atoms with Crippen molar-refractivity contribution < 1.29 is 9.53 Å². The third kappa shape index (κ3) is 6.60. The van der Waals surface area contributed by atoms with Crippen molar-refractivity contribution in [2.45, 2.75) is 25.8 Å². The van der Waals surface area contributed by atoms with E-state index in [0.717, 1.165) is 16.9 Å². The minimum absolute atomic E-state index is 0. The Hall–Kier alpha value is -2.04. The van der Waals surface area contributed by atoms with Gasteiger partial charge in [0.1, 0.15) is 5.75 Å². The van der Waals surface area contributed by atoms with Crippen molar-refractivity contribution in [3.8, 4) is 5.75 Å². The maximum Gasteiger partial charge on any atom is 0.220 e. The zero-order chi connectivity index (χ0) is 16.5. The number of halogens is 1. The largest absolute Gasteiger partial charge is 0.494 e. The number of amides is 1. The third-order valence-electron chi connectivity index (χ3n) is 3.62. The molecular weight excluding hydrogens is 324 g/mol. The van der Waals surface area contributed by atoms with Gasteiger partial charge in [-0.3, -0.25) is 4.79 Å². The molecule has 1 atom stereocenters. The van der Waals surface area contributed by atoms with Gasteiger partial charge in [0.25, 0.3) is 0 Å². The van der Waals surface area contributed by atoms with Crippen LogP contribution in [-0.2, 0) is 11.2 Å². The van der Waals surface area contributed by atoms with Crippen LogP contribution in [0.15, 0.2) is 54.6 Å². The van der Waals surface area contributed by atoms with Crippen molar-refractivity contribution in [2.75, 3.05) is 13.2 Å². The van der Waals surface area contributed by atoms with Crippen LogP contribution in [0.25, 0.3) is 0 Å². The second-order valence-electron chi connectivity index (χ2n) is 5.40. The average Bonchev–Trinajstić information content (AvgIpc) is 2.60. The van der Waals surface area contributed by atoms with Crippen LogP contribution in [0.1, 0.15) is 30.5 Å². The van der Waals surface area contributed by atoms with Crippen LogP contribution >= 0.6 is 12.4 Å². The normalized spacial score (nSPS) is 11.2. The number of rotatable bonds is 8. The van der Waals surface area contributed by atoms with Crippen LogP contribution in [0.4, 0.5) is 0 Å². The van der Waals surface area contributed by atoms with Gasteiger partial charge in [-0.05, 0) is 36.6 Å². The molecule has 0 fully saturated rings. The van der Waals surface area contributed by atoms with Gasteiger partial charge in [-0.1, -0.05) is 42.5 Å². The van der Waals surface area contributed by atoms with Gasteiger partial charge in [0, 0.05) is 19.0 Å². The van der Waals surface area contributed by atoms with Crippen molar-refractivity contribution >= 4 is 18.3 Å². The minimum atomic E-state index is -0.175. The zero-order valence-corrected chi connectivity index (χ0v) is 14.7. The summed E-state index contributed by atoms with van der Waals surface area (Å²) in [6.45, 7) is 3.06. The Bertz CT molecular complexity index is 603. The van der Waals surface area contributed by atoms with Gasteiger partial charge in [0.15, 0.2) is 0 Å². The van der Waals surface area contributed by atoms with Crippen LogP contribution in [0.3, 0.4) is 0 Å². The molecule has 1 amide bonds. The molecule has 2 aromatic carbocycles. The van der Waals surface area contributed by atoms with Gasteiger partial charge in [-0.25, -0.2) is 0 Å². The van der Waals surface area contributed by atoms with Gasteiger partial charge in [0.2, 0.25) is 5.91 Å². The summed E-state index contributed by atoms with van der Waals surface area (Å²) in [5.74, 6) is 0.875. The summed E-state index contributed by atoms with van der Waals surface area (Å²) >= 11 is 0. The topological polar surface area (TPSA) is 64.3 Å². The molecule has 2 rings (SSSR count). The maximum absolute atomic E-state index is 11.9. The van der Waals surface area contributed by atoms with Crippen LogP contribution in [0.2, 0.25) is 0 Å².